The summed E-state index contributed by atoms with van der Waals surface area (Å²) in [7, 11) is 0. The number of rotatable bonds is 20. The zero-order valence-electron chi connectivity index (χ0n) is 84.6. The molecule has 2 unspecified atom stereocenters. The third-order valence-corrected chi connectivity index (χ3v) is 28.6. The van der Waals surface area contributed by atoms with Crippen LogP contribution in [0.4, 0.5) is 4.79 Å². The second kappa shape index (κ2) is 39.2. The summed E-state index contributed by atoms with van der Waals surface area (Å²) in [4.78, 5) is 25.4. The highest BCUT2D eigenvalue weighted by molar-refractivity contribution is 5.77. The van der Waals surface area contributed by atoms with Crippen LogP contribution in [0.2, 0.25) is 0 Å². The Morgan fingerprint density at radius 1 is 0.230 bits per heavy atom. The number of ether oxygens (including phenoxy) is 4. The molecule has 0 aliphatic heterocycles. The minimum absolute atomic E-state index is 0.0999. The van der Waals surface area contributed by atoms with E-state index in [-0.39, 0.29) is 30.3 Å². The molecule has 2 atom stereocenters. The molecule has 0 amide bonds. The summed E-state index contributed by atoms with van der Waals surface area (Å²) in [5.41, 5.74) is 43.4. The van der Waals surface area contributed by atoms with E-state index in [0.717, 1.165) is 245 Å². The lowest BCUT2D eigenvalue weighted by Crippen LogP contribution is -2.27. The van der Waals surface area contributed by atoms with Gasteiger partial charge in [-0.3, -0.25) is 0 Å². The van der Waals surface area contributed by atoms with E-state index < -0.39 is 23.3 Å². The minimum atomic E-state index is -0.730. The number of benzene rings is 14. The van der Waals surface area contributed by atoms with Gasteiger partial charge in [-0.2, -0.15) is 0 Å². The lowest BCUT2D eigenvalue weighted by atomic mass is 9.78. The summed E-state index contributed by atoms with van der Waals surface area (Å²) in [5, 5.41) is 65.3. The van der Waals surface area contributed by atoms with Crippen LogP contribution in [0.3, 0.4) is 0 Å². The minimum Gasteiger partial charge on any atom is -0.507 e. The normalized spacial score (nSPS) is 12.1. The van der Waals surface area contributed by atoms with Gasteiger partial charge in [-0.15, -0.1) is 0 Å². The first kappa shape index (κ1) is 98.9. The van der Waals surface area contributed by atoms with Crippen LogP contribution >= 0.6 is 0 Å². The summed E-state index contributed by atoms with van der Waals surface area (Å²) in [6.07, 6.45) is -0.730. The maximum Gasteiger partial charge on any atom is 0.514 e. The maximum atomic E-state index is 12.8. The molecular weight excluding hydrogens is 1670 g/mol. The van der Waals surface area contributed by atoms with Gasteiger partial charge in [0, 0.05) is 23.7 Å². The quantitative estimate of drug-likeness (QED) is 0.0241. The van der Waals surface area contributed by atoms with Crippen LogP contribution in [-0.4, -0.2) is 60.6 Å². The monoisotopic (exact) mass is 1800 g/mol. The molecule has 698 valence electrons. The van der Waals surface area contributed by atoms with Crippen LogP contribution in [0.1, 0.15) is 265 Å². The number of carbonyl (C=O) groups excluding carboxylic acids is 2. The Hall–Kier alpha value is -13.6. The fourth-order valence-corrected chi connectivity index (χ4v) is 19.7. The molecule has 12 heteroatoms. The first-order valence-electron chi connectivity index (χ1n) is 46.8. The molecule has 14 aromatic carbocycles. The Morgan fingerprint density at radius 3 is 0.600 bits per heavy atom. The van der Waals surface area contributed by atoms with Crippen molar-refractivity contribution in [3.05, 3.63) is 394 Å². The third-order valence-electron chi connectivity index (χ3n) is 28.6. The predicted octanol–water partition coefficient (Wildman–Crippen LogP) is 30.4. The van der Waals surface area contributed by atoms with Gasteiger partial charge in [-0.25, -0.2) is 9.59 Å². The molecule has 0 aromatic heterocycles. The molecule has 14 rings (SSSR count). The number of phenols is 6. The third kappa shape index (κ3) is 20.2. The van der Waals surface area contributed by atoms with E-state index in [9.17, 15) is 40.2 Å². The largest absolute Gasteiger partial charge is 0.514 e. The standard InChI is InChI=1S/C62H68O6.C61H66O6/c1-33-28-51(37(5)41(9)58(33)64)56(52-29-34(2)59(65)42(10)38(52)6)49-24-20-47(21-25-49)45-16-18-46(19-17-45)48-22-26-50(27-23-48)57(53-30-35(3)60(66)43(11)39(53)7)54-31-36(4)61(44(12)40(54)8)67-32-55(63)68-62(13,14)15;1-32-28-50(36(5)40(9)56(32)62)54(51-29-33(2)57(63)41(10)37(51)6)48-24-20-46(21-25-48)44-16-18-45(19-17-44)47-22-26-49(27-23-47)55(52-30-34(3)58(64)42(11)38(52)7)53-31-35(4)59(43(12)39(53)8)66-60(65)67-61(13,14)15/h16-31,56-57,64-66H,32H2,1-15H3;16-31,54-55,62-64H,1-15H3. The van der Waals surface area contributed by atoms with E-state index in [4.69, 9.17) is 18.9 Å². The fourth-order valence-electron chi connectivity index (χ4n) is 19.7. The van der Waals surface area contributed by atoms with Gasteiger partial charge < -0.3 is 49.6 Å². The molecule has 0 aliphatic rings. The van der Waals surface area contributed by atoms with Crippen molar-refractivity contribution in [2.24, 2.45) is 0 Å². The van der Waals surface area contributed by atoms with Gasteiger partial charge in [0.25, 0.3) is 0 Å². The zero-order chi connectivity index (χ0) is 98.6. The van der Waals surface area contributed by atoms with Gasteiger partial charge in [0.1, 0.15) is 57.2 Å². The molecule has 0 saturated carbocycles. The number of aromatic hydroxyl groups is 6. The molecule has 135 heavy (non-hydrogen) atoms. The van der Waals surface area contributed by atoms with Crippen molar-refractivity contribution in [3.8, 4) is 90.5 Å². The van der Waals surface area contributed by atoms with E-state index in [0.29, 0.717) is 46.0 Å². The lowest BCUT2D eigenvalue weighted by Gasteiger charge is -2.27. The summed E-state index contributed by atoms with van der Waals surface area (Å²) in [6, 6.07) is 69.6. The number of esters is 1. The lowest BCUT2D eigenvalue weighted by molar-refractivity contribution is -0.157. The highest BCUT2D eigenvalue weighted by Crippen LogP contribution is 2.50. The molecule has 0 bridgehead atoms. The molecule has 12 nitrogen and oxygen atoms in total. The highest BCUT2D eigenvalue weighted by atomic mass is 16.7. The highest BCUT2D eigenvalue weighted by Gasteiger charge is 2.33. The molecule has 6 N–H and O–H groups in total. The van der Waals surface area contributed by atoms with E-state index >= 15 is 0 Å². The number of hydrogen-bond donors (Lipinski definition) is 6. The first-order chi connectivity index (χ1) is 63.5. The predicted molar refractivity (Wildman–Crippen MR) is 552 cm³/mol. The first-order valence-corrected chi connectivity index (χ1v) is 46.8. The van der Waals surface area contributed by atoms with Crippen LogP contribution in [0.15, 0.2) is 194 Å². The van der Waals surface area contributed by atoms with E-state index in [1.807, 2.05) is 152 Å². The Morgan fingerprint density at radius 2 is 0.400 bits per heavy atom. The van der Waals surface area contributed by atoms with Gasteiger partial charge in [0.05, 0.1) is 0 Å². The summed E-state index contributed by atoms with van der Waals surface area (Å²) in [5.74, 6) is 2.25. The Bertz CT molecular complexity index is 6800. The smallest absolute Gasteiger partial charge is 0.507 e. The SMILES string of the molecule is Cc1cc(C(c2ccc(-c3ccc(-c4ccc(C(c5cc(C)c(O)c(C)c5C)c5cc(C)c(OC(=O)OC(C)(C)C)c(C)c5C)cc4)cc3)cc2)c2cc(C)c(O)c(C)c2C)c(C)c(C)c1O.Cc1cc(C(c2ccc(-c3ccc(-c4ccc(C(c5cc(C)c(O)c(C)c5C)c5cc(C)c(OCC(=O)OC(C)(C)C)c(C)c5C)cc4)cc3)cc2)c2cc(C)c(O)c(C)c2C)c(C)c(C)c1O. The van der Waals surface area contributed by atoms with Crippen molar-refractivity contribution >= 4 is 12.1 Å². The van der Waals surface area contributed by atoms with Crippen molar-refractivity contribution in [3.63, 3.8) is 0 Å². The Kier molecular flexibility index (Phi) is 28.7. The summed E-state index contributed by atoms with van der Waals surface area (Å²) in [6.45, 7) is 59.1. The van der Waals surface area contributed by atoms with Crippen molar-refractivity contribution in [2.75, 3.05) is 6.61 Å². The fraction of sp³-hybridized carbons (Fsp3) is 0.301. The number of aryl methyl sites for hydroxylation is 8. The number of phenolic OH excluding ortho intramolecular Hbond substituents is 6. The van der Waals surface area contributed by atoms with Crippen molar-refractivity contribution in [1.82, 2.24) is 0 Å². The topological polar surface area (TPSA) is 192 Å². The number of carbonyl (C=O) groups is 2. The van der Waals surface area contributed by atoms with Crippen LogP contribution in [-0.2, 0) is 14.3 Å². The molecule has 0 heterocycles. The second-order valence-electron chi connectivity index (χ2n) is 39.8. The average molecular weight is 1800 g/mol. The van der Waals surface area contributed by atoms with Crippen LogP contribution in [0.5, 0.6) is 46.0 Å². The summed E-state index contributed by atoms with van der Waals surface area (Å²) >= 11 is 0. The summed E-state index contributed by atoms with van der Waals surface area (Å²) < 4.78 is 23.0. The van der Waals surface area contributed by atoms with Crippen molar-refractivity contribution < 1.29 is 59.2 Å². The molecule has 0 aliphatic carbocycles. The molecule has 0 saturated heterocycles. The van der Waals surface area contributed by atoms with Crippen molar-refractivity contribution in [2.45, 2.75) is 243 Å². The van der Waals surface area contributed by atoms with Crippen LogP contribution in [0, 0.1) is 166 Å². The second-order valence-corrected chi connectivity index (χ2v) is 39.8. The Labute approximate surface area is 800 Å². The van der Waals surface area contributed by atoms with Gasteiger partial charge in [0.2, 0.25) is 0 Å². The van der Waals surface area contributed by atoms with Gasteiger partial charge in [-0.1, -0.05) is 194 Å². The molecule has 0 spiro atoms. The van der Waals surface area contributed by atoms with E-state index in [1.165, 1.54) is 0 Å². The van der Waals surface area contributed by atoms with Crippen LogP contribution in [0.25, 0.3) is 44.5 Å². The van der Waals surface area contributed by atoms with Gasteiger partial charge >= 0.3 is 12.1 Å². The molecule has 14 aromatic rings. The Balaban J connectivity index is 0.000000229. The molecular formula is C123H134O12. The maximum absolute atomic E-state index is 12.8. The van der Waals surface area contributed by atoms with E-state index in [2.05, 4.69) is 250 Å². The molecule has 0 radical (unpaired) electrons. The van der Waals surface area contributed by atoms with Crippen LogP contribution < -0.4 is 9.47 Å². The molecule has 0 fully saturated rings. The zero-order valence-corrected chi connectivity index (χ0v) is 84.6. The number of hydrogen-bond acceptors (Lipinski definition) is 12. The van der Waals surface area contributed by atoms with E-state index in [1.54, 1.807) is 0 Å². The van der Waals surface area contributed by atoms with Gasteiger partial charge in [0.15, 0.2) is 6.61 Å². The van der Waals surface area contributed by atoms with Crippen molar-refractivity contribution in [1.29, 1.82) is 0 Å². The van der Waals surface area contributed by atoms with Gasteiger partial charge in [-0.05, 0) is 453 Å². The average Bonchev–Trinajstić information content (AvgIpc) is 0.761.